The standard InChI is InChI=1S/C16H16Cl2N2O2/c1-22-15-7-6-13(18)8-14(15)20-16(21)10-19-9-11-2-4-12(17)5-3-11/h2-8,19H,9-10H2,1H3,(H,20,21). The third kappa shape index (κ3) is 4.91. The Labute approximate surface area is 139 Å². The molecule has 0 aliphatic carbocycles. The van der Waals surface area contributed by atoms with Gasteiger partial charge in [-0.15, -0.1) is 0 Å². The predicted octanol–water partition coefficient (Wildman–Crippen LogP) is 3.73. The molecule has 0 bridgehead atoms. The first-order chi connectivity index (χ1) is 10.6. The zero-order valence-electron chi connectivity index (χ0n) is 12.0. The Morgan fingerprint density at radius 1 is 1.09 bits per heavy atom. The van der Waals surface area contributed by atoms with Crippen molar-refractivity contribution in [1.82, 2.24) is 5.32 Å². The number of amides is 1. The SMILES string of the molecule is COc1ccc(Cl)cc1NC(=O)CNCc1ccc(Cl)cc1. The summed E-state index contributed by atoms with van der Waals surface area (Å²) in [7, 11) is 1.54. The average molecular weight is 339 g/mol. The van der Waals surface area contributed by atoms with E-state index in [0.29, 0.717) is 28.0 Å². The van der Waals surface area contributed by atoms with Gasteiger partial charge in [0.1, 0.15) is 5.75 Å². The maximum atomic E-state index is 11.9. The van der Waals surface area contributed by atoms with E-state index in [2.05, 4.69) is 10.6 Å². The molecule has 2 rings (SSSR count). The fourth-order valence-electron chi connectivity index (χ4n) is 1.89. The molecule has 116 valence electrons. The molecule has 0 atom stereocenters. The maximum Gasteiger partial charge on any atom is 0.238 e. The first-order valence-corrected chi connectivity index (χ1v) is 7.42. The number of benzene rings is 2. The molecule has 0 aliphatic heterocycles. The number of methoxy groups -OCH3 is 1. The number of anilines is 1. The van der Waals surface area contributed by atoms with Crippen LogP contribution in [0.25, 0.3) is 0 Å². The lowest BCUT2D eigenvalue weighted by Crippen LogP contribution is -2.27. The summed E-state index contributed by atoms with van der Waals surface area (Å²) in [4.78, 5) is 11.9. The molecule has 22 heavy (non-hydrogen) atoms. The topological polar surface area (TPSA) is 50.4 Å². The van der Waals surface area contributed by atoms with Gasteiger partial charge in [-0.05, 0) is 35.9 Å². The van der Waals surface area contributed by atoms with E-state index < -0.39 is 0 Å². The Morgan fingerprint density at radius 3 is 2.45 bits per heavy atom. The molecule has 0 saturated heterocycles. The minimum Gasteiger partial charge on any atom is -0.495 e. The van der Waals surface area contributed by atoms with E-state index in [1.54, 1.807) is 18.2 Å². The molecule has 6 heteroatoms. The Kier molecular flexibility index (Phi) is 6.07. The lowest BCUT2D eigenvalue weighted by molar-refractivity contribution is -0.115. The molecule has 4 nitrogen and oxygen atoms in total. The van der Waals surface area contributed by atoms with Gasteiger partial charge in [-0.3, -0.25) is 4.79 Å². The molecule has 2 aromatic rings. The molecule has 0 aliphatic rings. The van der Waals surface area contributed by atoms with Crippen molar-refractivity contribution in [2.75, 3.05) is 19.0 Å². The Balaban J connectivity index is 1.85. The average Bonchev–Trinajstić information content (AvgIpc) is 2.49. The number of rotatable bonds is 6. The van der Waals surface area contributed by atoms with Gasteiger partial charge in [0.15, 0.2) is 0 Å². The van der Waals surface area contributed by atoms with Gasteiger partial charge in [0, 0.05) is 16.6 Å². The molecule has 2 N–H and O–H groups in total. The first-order valence-electron chi connectivity index (χ1n) is 6.67. The molecule has 2 aromatic carbocycles. The highest BCUT2D eigenvalue weighted by atomic mass is 35.5. The van der Waals surface area contributed by atoms with Gasteiger partial charge in [-0.25, -0.2) is 0 Å². The highest BCUT2D eigenvalue weighted by molar-refractivity contribution is 6.31. The first kappa shape index (κ1) is 16.6. The molecule has 0 unspecified atom stereocenters. The molecular formula is C16H16Cl2N2O2. The summed E-state index contributed by atoms with van der Waals surface area (Å²) in [5.41, 5.74) is 1.60. The van der Waals surface area contributed by atoms with Crippen LogP contribution in [0.5, 0.6) is 5.75 Å². The summed E-state index contributed by atoms with van der Waals surface area (Å²) in [5.74, 6) is 0.394. The predicted molar refractivity (Wildman–Crippen MR) is 89.8 cm³/mol. The monoisotopic (exact) mass is 338 g/mol. The van der Waals surface area contributed by atoms with Crippen molar-refractivity contribution in [1.29, 1.82) is 0 Å². The lowest BCUT2D eigenvalue weighted by atomic mass is 10.2. The van der Waals surface area contributed by atoms with Crippen LogP contribution in [-0.4, -0.2) is 19.6 Å². The zero-order chi connectivity index (χ0) is 15.9. The van der Waals surface area contributed by atoms with Crippen LogP contribution in [0.1, 0.15) is 5.56 Å². The molecular weight excluding hydrogens is 323 g/mol. The highest BCUT2D eigenvalue weighted by Crippen LogP contribution is 2.27. The van der Waals surface area contributed by atoms with E-state index in [1.807, 2.05) is 24.3 Å². The Hall–Kier alpha value is -1.75. The fraction of sp³-hybridized carbons (Fsp3) is 0.188. The zero-order valence-corrected chi connectivity index (χ0v) is 13.5. The van der Waals surface area contributed by atoms with Crippen molar-refractivity contribution >= 4 is 34.8 Å². The van der Waals surface area contributed by atoms with E-state index in [1.165, 1.54) is 7.11 Å². The van der Waals surface area contributed by atoms with Gasteiger partial charge < -0.3 is 15.4 Å². The highest BCUT2D eigenvalue weighted by Gasteiger charge is 2.08. The largest absolute Gasteiger partial charge is 0.495 e. The molecule has 0 spiro atoms. The quantitative estimate of drug-likeness (QED) is 0.843. The van der Waals surface area contributed by atoms with Crippen molar-refractivity contribution < 1.29 is 9.53 Å². The number of carbonyl (C=O) groups is 1. The van der Waals surface area contributed by atoms with Gasteiger partial charge in [-0.2, -0.15) is 0 Å². The van der Waals surface area contributed by atoms with E-state index >= 15 is 0 Å². The third-order valence-electron chi connectivity index (χ3n) is 2.96. The lowest BCUT2D eigenvalue weighted by Gasteiger charge is -2.11. The minimum absolute atomic E-state index is 0.172. The van der Waals surface area contributed by atoms with Crippen LogP contribution in [0, 0.1) is 0 Å². The second-order valence-corrected chi connectivity index (χ2v) is 5.50. The molecule has 0 aromatic heterocycles. The summed E-state index contributed by atoms with van der Waals surface area (Å²) < 4.78 is 5.18. The summed E-state index contributed by atoms with van der Waals surface area (Å²) in [6.45, 7) is 0.759. The molecule has 0 radical (unpaired) electrons. The van der Waals surface area contributed by atoms with Gasteiger partial charge in [0.25, 0.3) is 0 Å². The number of carbonyl (C=O) groups excluding carboxylic acids is 1. The van der Waals surface area contributed by atoms with Crippen molar-refractivity contribution in [3.05, 3.63) is 58.1 Å². The number of ether oxygens (including phenoxy) is 1. The third-order valence-corrected chi connectivity index (χ3v) is 3.45. The van der Waals surface area contributed by atoms with Crippen molar-refractivity contribution in [3.63, 3.8) is 0 Å². The van der Waals surface area contributed by atoms with E-state index in [9.17, 15) is 4.79 Å². The molecule has 0 fully saturated rings. The van der Waals surface area contributed by atoms with Crippen LogP contribution >= 0.6 is 23.2 Å². The minimum atomic E-state index is -0.172. The molecule has 0 saturated carbocycles. The summed E-state index contributed by atoms with van der Waals surface area (Å²) >= 11 is 11.7. The Morgan fingerprint density at radius 2 is 1.77 bits per heavy atom. The number of halogens is 2. The van der Waals surface area contributed by atoms with Crippen LogP contribution in [0.4, 0.5) is 5.69 Å². The van der Waals surface area contributed by atoms with Crippen LogP contribution in [-0.2, 0) is 11.3 Å². The number of hydrogen-bond donors (Lipinski definition) is 2. The number of hydrogen-bond acceptors (Lipinski definition) is 3. The van der Waals surface area contributed by atoms with E-state index in [4.69, 9.17) is 27.9 Å². The Bertz CT molecular complexity index is 645. The van der Waals surface area contributed by atoms with Crippen LogP contribution in [0.2, 0.25) is 10.0 Å². The van der Waals surface area contributed by atoms with E-state index in [-0.39, 0.29) is 12.5 Å². The van der Waals surface area contributed by atoms with Gasteiger partial charge in [-0.1, -0.05) is 35.3 Å². The second kappa shape index (κ2) is 8.03. The maximum absolute atomic E-state index is 11.9. The van der Waals surface area contributed by atoms with Crippen LogP contribution in [0.15, 0.2) is 42.5 Å². The van der Waals surface area contributed by atoms with Crippen molar-refractivity contribution in [2.45, 2.75) is 6.54 Å². The number of nitrogens with one attached hydrogen (secondary N) is 2. The van der Waals surface area contributed by atoms with Gasteiger partial charge in [0.2, 0.25) is 5.91 Å². The smallest absolute Gasteiger partial charge is 0.238 e. The van der Waals surface area contributed by atoms with Crippen LogP contribution < -0.4 is 15.4 Å². The normalized spacial score (nSPS) is 10.3. The van der Waals surface area contributed by atoms with Gasteiger partial charge in [0.05, 0.1) is 19.3 Å². The summed E-state index contributed by atoms with van der Waals surface area (Å²) in [6.07, 6.45) is 0. The molecule has 0 heterocycles. The summed E-state index contributed by atoms with van der Waals surface area (Å²) in [6, 6.07) is 12.5. The van der Waals surface area contributed by atoms with Crippen molar-refractivity contribution in [3.8, 4) is 5.75 Å². The molecule has 1 amide bonds. The second-order valence-electron chi connectivity index (χ2n) is 4.62. The van der Waals surface area contributed by atoms with Crippen molar-refractivity contribution in [2.24, 2.45) is 0 Å². The fourth-order valence-corrected chi connectivity index (χ4v) is 2.19. The van der Waals surface area contributed by atoms with Crippen LogP contribution in [0.3, 0.4) is 0 Å². The van der Waals surface area contributed by atoms with E-state index in [0.717, 1.165) is 5.56 Å². The summed E-state index contributed by atoms with van der Waals surface area (Å²) in [5, 5.41) is 7.05. The van der Waals surface area contributed by atoms with Gasteiger partial charge >= 0.3 is 0 Å².